The zero-order chi connectivity index (χ0) is 21.4. The van der Waals surface area contributed by atoms with Crippen LogP contribution in [-0.2, 0) is 16.1 Å². The quantitative estimate of drug-likeness (QED) is 0.596. The van der Waals surface area contributed by atoms with Gasteiger partial charge in [-0.15, -0.1) is 0 Å². The Balaban J connectivity index is 1.86. The summed E-state index contributed by atoms with van der Waals surface area (Å²) in [5.41, 5.74) is 0.822. The van der Waals surface area contributed by atoms with Crippen molar-refractivity contribution in [3.8, 4) is 5.75 Å². The summed E-state index contributed by atoms with van der Waals surface area (Å²) in [7, 11) is 0. The Labute approximate surface area is 169 Å². The Morgan fingerprint density at radius 2 is 1.72 bits per heavy atom. The normalized spacial score (nSPS) is 10.7. The molecule has 2 aromatic carbocycles. The molecular formula is C21H25N3O5. The third-order valence-corrected chi connectivity index (χ3v) is 3.60. The second-order valence-electron chi connectivity index (χ2n) is 7.30. The molecule has 0 spiro atoms. The number of alkyl carbamates (subject to hydrolysis) is 1. The second-order valence-corrected chi connectivity index (χ2v) is 7.30. The van der Waals surface area contributed by atoms with Gasteiger partial charge in [0.1, 0.15) is 17.9 Å². The van der Waals surface area contributed by atoms with Crippen molar-refractivity contribution in [1.82, 2.24) is 10.6 Å². The maximum atomic E-state index is 12.2. The van der Waals surface area contributed by atoms with Crippen molar-refractivity contribution in [1.29, 1.82) is 0 Å². The van der Waals surface area contributed by atoms with Crippen molar-refractivity contribution in [3.63, 3.8) is 0 Å². The molecule has 29 heavy (non-hydrogen) atoms. The van der Waals surface area contributed by atoms with Crippen molar-refractivity contribution in [2.24, 2.45) is 0 Å². The molecule has 0 bridgehead atoms. The Morgan fingerprint density at radius 3 is 2.41 bits per heavy atom. The molecule has 0 aliphatic rings. The second kappa shape index (κ2) is 9.59. The number of nitrogens with one attached hydrogen (secondary N) is 3. The summed E-state index contributed by atoms with van der Waals surface area (Å²) in [5.74, 6) is -0.908. The van der Waals surface area contributed by atoms with E-state index in [0.717, 1.165) is 5.56 Å². The molecule has 2 rings (SSSR count). The molecule has 0 atom stereocenters. The molecular weight excluding hydrogens is 374 g/mol. The average molecular weight is 399 g/mol. The van der Waals surface area contributed by atoms with Gasteiger partial charge in [-0.2, -0.15) is 0 Å². The number of hydrogen-bond donors (Lipinski definition) is 4. The van der Waals surface area contributed by atoms with Crippen LogP contribution >= 0.6 is 0 Å². The van der Waals surface area contributed by atoms with Crippen molar-refractivity contribution in [2.45, 2.75) is 32.9 Å². The highest BCUT2D eigenvalue weighted by molar-refractivity contribution is 5.96. The first-order chi connectivity index (χ1) is 13.6. The molecule has 0 aliphatic carbocycles. The van der Waals surface area contributed by atoms with Gasteiger partial charge in [-0.1, -0.05) is 24.3 Å². The molecule has 154 valence electrons. The lowest BCUT2D eigenvalue weighted by Gasteiger charge is -2.19. The first-order valence-corrected chi connectivity index (χ1v) is 9.06. The molecule has 0 fully saturated rings. The first kappa shape index (κ1) is 21.7. The van der Waals surface area contributed by atoms with E-state index in [2.05, 4.69) is 16.0 Å². The van der Waals surface area contributed by atoms with Gasteiger partial charge in [0.25, 0.3) is 5.91 Å². The number of anilines is 1. The number of carbonyl (C=O) groups is 3. The van der Waals surface area contributed by atoms with Crippen molar-refractivity contribution in [3.05, 3.63) is 59.7 Å². The van der Waals surface area contributed by atoms with Crippen LogP contribution in [0.5, 0.6) is 5.75 Å². The molecule has 4 N–H and O–H groups in total. The van der Waals surface area contributed by atoms with E-state index in [4.69, 9.17) is 4.74 Å². The van der Waals surface area contributed by atoms with Crippen molar-refractivity contribution in [2.75, 3.05) is 11.9 Å². The van der Waals surface area contributed by atoms with Crippen LogP contribution in [0.1, 0.15) is 36.7 Å². The first-order valence-electron chi connectivity index (χ1n) is 9.06. The van der Waals surface area contributed by atoms with Crippen LogP contribution in [0, 0.1) is 0 Å². The van der Waals surface area contributed by atoms with Crippen LogP contribution in [0.2, 0.25) is 0 Å². The lowest BCUT2D eigenvalue weighted by atomic mass is 10.1. The number of ether oxygens (including phenoxy) is 1. The topological polar surface area (TPSA) is 117 Å². The van der Waals surface area contributed by atoms with Gasteiger partial charge < -0.3 is 25.8 Å². The van der Waals surface area contributed by atoms with Crippen LogP contribution in [0.15, 0.2) is 48.5 Å². The van der Waals surface area contributed by atoms with Crippen LogP contribution in [0.3, 0.4) is 0 Å². The highest BCUT2D eigenvalue weighted by Gasteiger charge is 2.16. The van der Waals surface area contributed by atoms with Gasteiger partial charge in [0.05, 0.1) is 5.56 Å². The molecule has 8 heteroatoms. The molecule has 0 unspecified atom stereocenters. The van der Waals surface area contributed by atoms with E-state index < -0.39 is 23.5 Å². The molecule has 2 aromatic rings. The summed E-state index contributed by atoms with van der Waals surface area (Å²) in [6.07, 6.45) is -0.673. The minimum atomic E-state index is -0.673. The lowest BCUT2D eigenvalue weighted by molar-refractivity contribution is -0.115. The van der Waals surface area contributed by atoms with Gasteiger partial charge in [0.2, 0.25) is 5.91 Å². The summed E-state index contributed by atoms with van der Waals surface area (Å²) in [6.45, 7) is 5.18. The Kier molecular flexibility index (Phi) is 7.19. The Bertz CT molecular complexity index is 890. The summed E-state index contributed by atoms with van der Waals surface area (Å²) in [4.78, 5) is 35.7. The van der Waals surface area contributed by atoms with E-state index in [1.54, 1.807) is 57.2 Å². The molecule has 0 saturated heterocycles. The minimum Gasteiger partial charge on any atom is -0.507 e. The number of rotatable bonds is 6. The number of amides is 3. The van der Waals surface area contributed by atoms with Crippen molar-refractivity contribution < 1.29 is 24.2 Å². The molecule has 3 amide bonds. The molecule has 0 heterocycles. The van der Waals surface area contributed by atoms with Crippen molar-refractivity contribution >= 4 is 23.6 Å². The number of phenols is 1. The van der Waals surface area contributed by atoms with Crippen LogP contribution < -0.4 is 16.0 Å². The Morgan fingerprint density at radius 1 is 1.00 bits per heavy atom. The fraction of sp³-hybridized carbons (Fsp3) is 0.286. The van der Waals surface area contributed by atoms with E-state index in [-0.39, 0.29) is 24.4 Å². The number of carbonyl (C=O) groups excluding carboxylic acids is 3. The monoisotopic (exact) mass is 399 g/mol. The van der Waals surface area contributed by atoms with E-state index in [1.165, 1.54) is 12.1 Å². The predicted octanol–water partition coefficient (Wildman–Crippen LogP) is 2.79. The van der Waals surface area contributed by atoms with E-state index in [9.17, 15) is 19.5 Å². The maximum Gasteiger partial charge on any atom is 0.408 e. The number of benzene rings is 2. The number of phenolic OH excluding ortho intramolecular Hbond substituents is 1. The smallest absolute Gasteiger partial charge is 0.408 e. The Hall–Kier alpha value is -3.55. The molecule has 0 saturated carbocycles. The molecule has 0 radical (unpaired) electrons. The number of aromatic hydroxyl groups is 1. The van der Waals surface area contributed by atoms with Gasteiger partial charge in [-0.3, -0.25) is 9.59 Å². The van der Waals surface area contributed by atoms with Gasteiger partial charge >= 0.3 is 6.09 Å². The third-order valence-electron chi connectivity index (χ3n) is 3.60. The summed E-state index contributed by atoms with van der Waals surface area (Å²) >= 11 is 0. The van der Waals surface area contributed by atoms with Gasteiger partial charge in [0.15, 0.2) is 0 Å². The molecule has 0 aliphatic heterocycles. The summed E-state index contributed by atoms with van der Waals surface area (Å²) in [6, 6.07) is 13.2. The predicted molar refractivity (Wildman–Crippen MR) is 109 cm³/mol. The minimum absolute atomic E-state index is 0.0940. The fourth-order valence-corrected chi connectivity index (χ4v) is 2.37. The SMILES string of the molecule is CC(C)(C)OC(=O)NCC(=O)Nc1cccc(CNC(=O)c2ccccc2O)c1. The van der Waals surface area contributed by atoms with Gasteiger partial charge in [-0.05, 0) is 50.6 Å². The molecule has 0 aromatic heterocycles. The van der Waals surface area contributed by atoms with Crippen LogP contribution in [0.4, 0.5) is 10.5 Å². The standard InChI is InChI=1S/C21H25N3O5/c1-21(2,3)29-20(28)23-13-18(26)24-15-8-6-7-14(11-15)12-22-19(27)16-9-4-5-10-17(16)25/h4-11,25H,12-13H2,1-3H3,(H,22,27)(H,23,28)(H,24,26). The number of hydrogen-bond acceptors (Lipinski definition) is 5. The highest BCUT2D eigenvalue weighted by Crippen LogP contribution is 2.16. The van der Waals surface area contributed by atoms with Gasteiger partial charge in [0, 0.05) is 12.2 Å². The average Bonchev–Trinajstić information content (AvgIpc) is 2.64. The summed E-state index contributed by atoms with van der Waals surface area (Å²) < 4.78 is 5.07. The summed E-state index contributed by atoms with van der Waals surface area (Å²) in [5, 5.41) is 17.5. The zero-order valence-electron chi connectivity index (χ0n) is 16.6. The maximum absolute atomic E-state index is 12.2. The van der Waals surface area contributed by atoms with E-state index >= 15 is 0 Å². The van der Waals surface area contributed by atoms with Gasteiger partial charge in [-0.25, -0.2) is 4.79 Å². The van der Waals surface area contributed by atoms with Crippen LogP contribution in [0.25, 0.3) is 0 Å². The zero-order valence-corrected chi connectivity index (χ0v) is 16.6. The third kappa shape index (κ3) is 7.53. The fourth-order valence-electron chi connectivity index (χ4n) is 2.37. The highest BCUT2D eigenvalue weighted by atomic mass is 16.6. The molecule has 8 nitrogen and oxygen atoms in total. The van der Waals surface area contributed by atoms with E-state index in [1.807, 2.05) is 0 Å². The lowest BCUT2D eigenvalue weighted by Crippen LogP contribution is -2.37. The van der Waals surface area contributed by atoms with E-state index in [0.29, 0.717) is 5.69 Å². The van der Waals surface area contributed by atoms with Crippen LogP contribution in [-0.4, -0.2) is 35.2 Å². The largest absolute Gasteiger partial charge is 0.507 e. The number of para-hydroxylation sites is 1.